The first-order valence-corrected chi connectivity index (χ1v) is 9.75. The number of carboxylic acids is 1. The van der Waals surface area contributed by atoms with Crippen LogP contribution in [0.5, 0.6) is 11.5 Å². The van der Waals surface area contributed by atoms with Crippen molar-refractivity contribution in [2.75, 3.05) is 27.4 Å². The second-order valence-corrected chi connectivity index (χ2v) is 7.11. The minimum atomic E-state index is -1.07. The van der Waals surface area contributed by atoms with E-state index >= 15 is 0 Å². The monoisotopic (exact) mass is 393 g/mol. The summed E-state index contributed by atoms with van der Waals surface area (Å²) < 4.78 is 16.4. The van der Waals surface area contributed by atoms with Gasteiger partial charge in [0.15, 0.2) is 18.1 Å². The van der Waals surface area contributed by atoms with Gasteiger partial charge in [-0.05, 0) is 44.4 Å². The van der Waals surface area contributed by atoms with Crippen molar-refractivity contribution in [3.05, 3.63) is 23.8 Å². The largest absolute Gasteiger partial charge is 0.490 e. The molecule has 7 nitrogen and oxygen atoms in total. The van der Waals surface area contributed by atoms with Crippen LogP contribution in [0.4, 0.5) is 0 Å². The maximum atomic E-state index is 13.1. The molecule has 7 heteroatoms. The van der Waals surface area contributed by atoms with E-state index in [9.17, 15) is 9.59 Å². The molecule has 0 aromatic heterocycles. The third-order valence-electron chi connectivity index (χ3n) is 5.97. The number of aliphatic carboxylic acids is 1. The molecule has 1 fully saturated rings. The highest BCUT2D eigenvalue weighted by molar-refractivity contribution is 5.95. The topological polar surface area (TPSA) is 85.3 Å². The Kier molecular flexibility index (Phi) is 7.29. The number of benzene rings is 1. The second kappa shape index (κ2) is 9.28. The van der Waals surface area contributed by atoms with Gasteiger partial charge < -0.3 is 24.2 Å². The molecule has 1 aromatic carbocycles. The van der Waals surface area contributed by atoms with Crippen LogP contribution in [-0.2, 0) is 9.53 Å². The van der Waals surface area contributed by atoms with E-state index in [1.54, 1.807) is 30.2 Å². The molecule has 1 aliphatic carbocycles. The smallest absolute Gasteiger partial charge is 0.341 e. The molecule has 1 saturated carbocycles. The molecule has 1 aliphatic rings. The molecule has 156 valence electrons. The van der Waals surface area contributed by atoms with E-state index in [0.29, 0.717) is 23.7 Å². The molecule has 0 saturated heterocycles. The Labute approximate surface area is 166 Å². The number of rotatable bonds is 10. The van der Waals surface area contributed by atoms with Crippen molar-refractivity contribution < 1.29 is 28.9 Å². The van der Waals surface area contributed by atoms with Crippen molar-refractivity contribution in [1.82, 2.24) is 4.90 Å². The first kappa shape index (κ1) is 22.0. The third-order valence-corrected chi connectivity index (χ3v) is 5.97. The van der Waals surface area contributed by atoms with Crippen LogP contribution >= 0.6 is 0 Å². The van der Waals surface area contributed by atoms with Gasteiger partial charge in [-0.25, -0.2) is 4.79 Å². The molecule has 2 rings (SSSR count). The van der Waals surface area contributed by atoms with Crippen molar-refractivity contribution in [2.45, 2.75) is 52.2 Å². The number of hydrogen-bond acceptors (Lipinski definition) is 5. The Morgan fingerprint density at radius 3 is 2.39 bits per heavy atom. The van der Waals surface area contributed by atoms with Crippen molar-refractivity contribution in [2.24, 2.45) is 5.41 Å². The molecule has 2 unspecified atom stereocenters. The van der Waals surface area contributed by atoms with Gasteiger partial charge in [-0.2, -0.15) is 0 Å². The molecule has 28 heavy (non-hydrogen) atoms. The Bertz CT molecular complexity index is 700. The number of nitrogens with zero attached hydrogens (tertiary/aromatic N) is 1. The summed E-state index contributed by atoms with van der Waals surface area (Å²) in [6, 6.07) is 4.95. The Hall–Kier alpha value is -2.28. The van der Waals surface area contributed by atoms with E-state index in [1.165, 1.54) is 0 Å². The SMILES string of the molecule is CCOc1cc(C(=O)N(C)C2CC(OC)C2(CC)CC)ccc1OCC(=O)O. The normalized spacial score (nSPS) is 20.2. The van der Waals surface area contributed by atoms with Crippen LogP contribution in [0.2, 0.25) is 0 Å². The minimum absolute atomic E-state index is 0.0353. The molecular weight excluding hydrogens is 362 g/mol. The predicted octanol–water partition coefficient (Wildman–Crippen LogP) is 3.21. The van der Waals surface area contributed by atoms with Crippen LogP contribution in [-0.4, -0.2) is 61.4 Å². The van der Waals surface area contributed by atoms with Crippen LogP contribution in [0.1, 0.15) is 50.4 Å². The molecule has 2 atom stereocenters. The number of ether oxygens (including phenoxy) is 3. The first-order valence-electron chi connectivity index (χ1n) is 9.75. The number of carbonyl (C=O) groups excluding carboxylic acids is 1. The number of carbonyl (C=O) groups is 2. The van der Waals surface area contributed by atoms with Crippen molar-refractivity contribution in [1.29, 1.82) is 0 Å². The van der Waals surface area contributed by atoms with Gasteiger partial charge in [-0.3, -0.25) is 4.79 Å². The maximum absolute atomic E-state index is 13.1. The molecule has 0 heterocycles. The fourth-order valence-electron chi connectivity index (χ4n) is 4.29. The summed E-state index contributed by atoms with van der Waals surface area (Å²) in [4.78, 5) is 25.7. The molecular formula is C21H31NO6. The average molecular weight is 393 g/mol. The highest BCUT2D eigenvalue weighted by Gasteiger charge is 2.55. The van der Waals surface area contributed by atoms with E-state index in [4.69, 9.17) is 19.3 Å². The van der Waals surface area contributed by atoms with Gasteiger partial charge in [0.1, 0.15) is 0 Å². The summed E-state index contributed by atoms with van der Waals surface area (Å²) in [7, 11) is 3.56. The lowest BCUT2D eigenvalue weighted by Crippen LogP contribution is -2.64. The molecule has 1 aromatic rings. The van der Waals surface area contributed by atoms with E-state index in [-0.39, 0.29) is 23.5 Å². The fraction of sp³-hybridized carbons (Fsp3) is 0.619. The summed E-state index contributed by atoms with van der Waals surface area (Å²) in [5, 5.41) is 8.81. The Morgan fingerprint density at radius 1 is 1.18 bits per heavy atom. The molecule has 1 N–H and O–H groups in total. The van der Waals surface area contributed by atoms with Crippen molar-refractivity contribution >= 4 is 11.9 Å². The zero-order valence-electron chi connectivity index (χ0n) is 17.4. The molecule has 0 radical (unpaired) electrons. The fourth-order valence-corrected chi connectivity index (χ4v) is 4.29. The molecule has 0 aliphatic heterocycles. The van der Waals surface area contributed by atoms with Gasteiger partial charge in [-0.15, -0.1) is 0 Å². The van der Waals surface area contributed by atoms with E-state index in [2.05, 4.69) is 13.8 Å². The van der Waals surface area contributed by atoms with Crippen LogP contribution < -0.4 is 9.47 Å². The lowest BCUT2D eigenvalue weighted by Gasteiger charge is -2.57. The third kappa shape index (κ3) is 4.09. The number of hydrogen-bond donors (Lipinski definition) is 1. The summed E-state index contributed by atoms with van der Waals surface area (Å²) in [6.45, 7) is 6.01. The van der Waals surface area contributed by atoms with Gasteiger partial charge in [0, 0.05) is 31.2 Å². The lowest BCUT2D eigenvalue weighted by molar-refractivity contribution is -0.147. The van der Waals surface area contributed by atoms with E-state index < -0.39 is 12.6 Å². The van der Waals surface area contributed by atoms with Crippen molar-refractivity contribution in [3.63, 3.8) is 0 Å². The standard InChI is InChI=1S/C21H31NO6/c1-6-21(7-2)17(12-18(21)26-5)22(4)20(25)14-9-10-15(28-13-19(23)24)16(11-14)27-8-3/h9-11,17-18H,6-8,12-13H2,1-5H3,(H,23,24). The van der Waals surface area contributed by atoms with Gasteiger partial charge >= 0.3 is 5.97 Å². The average Bonchev–Trinajstić information content (AvgIpc) is 2.67. The molecule has 1 amide bonds. The van der Waals surface area contributed by atoms with Crippen LogP contribution in [0, 0.1) is 5.41 Å². The van der Waals surface area contributed by atoms with E-state index in [0.717, 1.165) is 19.3 Å². The first-order chi connectivity index (χ1) is 13.3. The van der Waals surface area contributed by atoms with Crippen LogP contribution in [0.25, 0.3) is 0 Å². The van der Waals surface area contributed by atoms with E-state index in [1.807, 2.05) is 14.0 Å². The highest BCUT2D eigenvalue weighted by Crippen LogP contribution is 2.51. The summed E-state index contributed by atoms with van der Waals surface area (Å²) in [5.74, 6) is -0.501. The van der Waals surface area contributed by atoms with Crippen LogP contribution in [0.3, 0.4) is 0 Å². The predicted molar refractivity (Wildman–Crippen MR) is 105 cm³/mol. The Balaban J connectivity index is 2.23. The summed E-state index contributed by atoms with van der Waals surface area (Å²) >= 11 is 0. The molecule has 0 bridgehead atoms. The number of methoxy groups -OCH3 is 1. The van der Waals surface area contributed by atoms with Gasteiger partial charge in [0.05, 0.1) is 12.7 Å². The summed E-state index contributed by atoms with van der Waals surface area (Å²) in [6.07, 6.45) is 2.86. The lowest BCUT2D eigenvalue weighted by atomic mass is 9.58. The number of carboxylic acid groups (broad SMARTS) is 1. The van der Waals surface area contributed by atoms with Gasteiger partial charge in [0.25, 0.3) is 5.91 Å². The Morgan fingerprint density at radius 2 is 1.86 bits per heavy atom. The van der Waals surface area contributed by atoms with Gasteiger partial charge in [-0.1, -0.05) is 13.8 Å². The maximum Gasteiger partial charge on any atom is 0.341 e. The zero-order valence-corrected chi connectivity index (χ0v) is 17.4. The zero-order chi connectivity index (χ0) is 20.9. The number of amides is 1. The minimum Gasteiger partial charge on any atom is -0.490 e. The molecule has 0 spiro atoms. The highest BCUT2D eigenvalue weighted by atomic mass is 16.5. The second-order valence-electron chi connectivity index (χ2n) is 7.11. The summed E-state index contributed by atoms with van der Waals surface area (Å²) in [5.41, 5.74) is 0.447. The van der Waals surface area contributed by atoms with Crippen LogP contribution in [0.15, 0.2) is 18.2 Å². The van der Waals surface area contributed by atoms with Gasteiger partial charge in [0.2, 0.25) is 0 Å². The van der Waals surface area contributed by atoms with Crippen molar-refractivity contribution in [3.8, 4) is 11.5 Å². The quantitative estimate of drug-likeness (QED) is 0.657.